The third kappa shape index (κ3) is 4.58. The van der Waals surface area contributed by atoms with Gasteiger partial charge < -0.3 is 11.1 Å². The molecular weight excluding hydrogens is 287 g/mol. The average molecular weight is 304 g/mol. The first kappa shape index (κ1) is 15.5. The summed E-state index contributed by atoms with van der Waals surface area (Å²) in [5, 5.41) is 2.71. The van der Waals surface area contributed by atoms with E-state index in [9.17, 15) is 9.18 Å². The lowest BCUT2D eigenvalue weighted by Gasteiger charge is -2.15. The molecule has 0 saturated heterocycles. The van der Waals surface area contributed by atoms with Crippen LogP contribution in [0.15, 0.2) is 53.4 Å². The Morgan fingerprint density at radius 3 is 2.57 bits per heavy atom. The van der Waals surface area contributed by atoms with E-state index in [1.807, 2.05) is 30.3 Å². The van der Waals surface area contributed by atoms with Crippen LogP contribution in [0.25, 0.3) is 0 Å². The van der Waals surface area contributed by atoms with Crippen LogP contribution < -0.4 is 11.1 Å². The maximum absolute atomic E-state index is 13.3. The van der Waals surface area contributed by atoms with Crippen LogP contribution in [-0.4, -0.2) is 12.5 Å². The second-order valence-corrected chi connectivity index (χ2v) is 5.88. The number of nitrogens with two attached hydrogens (primary N) is 1. The van der Waals surface area contributed by atoms with Gasteiger partial charge >= 0.3 is 0 Å². The van der Waals surface area contributed by atoms with Crippen molar-refractivity contribution in [3.05, 3.63) is 59.9 Å². The van der Waals surface area contributed by atoms with E-state index in [0.29, 0.717) is 6.54 Å². The Hall–Kier alpha value is -1.85. The molecule has 0 aliphatic rings. The largest absolute Gasteiger partial charge is 0.329 e. The van der Waals surface area contributed by atoms with E-state index in [0.717, 1.165) is 16.1 Å². The van der Waals surface area contributed by atoms with E-state index in [1.165, 1.54) is 19.1 Å². The highest BCUT2D eigenvalue weighted by atomic mass is 32.2. The molecule has 0 aliphatic heterocycles. The predicted molar refractivity (Wildman–Crippen MR) is 84.8 cm³/mol. The molecule has 0 aliphatic carbocycles. The molecule has 1 amide bonds. The fraction of sp³-hybridized carbons (Fsp3) is 0.188. The summed E-state index contributed by atoms with van der Waals surface area (Å²) in [7, 11) is 0. The number of amides is 1. The van der Waals surface area contributed by atoms with Crippen LogP contribution in [-0.2, 0) is 4.79 Å². The van der Waals surface area contributed by atoms with Gasteiger partial charge in [0.2, 0.25) is 5.91 Å². The summed E-state index contributed by atoms with van der Waals surface area (Å²) in [6, 6.07) is 14.0. The minimum absolute atomic E-state index is 0.00711. The summed E-state index contributed by atoms with van der Waals surface area (Å²) in [5.74, 6) is -0.359. The minimum Gasteiger partial charge on any atom is -0.329 e. The van der Waals surface area contributed by atoms with Gasteiger partial charge in [0.1, 0.15) is 5.82 Å². The molecule has 21 heavy (non-hydrogen) atoms. The van der Waals surface area contributed by atoms with Gasteiger partial charge in [0, 0.05) is 29.3 Å². The van der Waals surface area contributed by atoms with Crippen LogP contribution in [0.3, 0.4) is 0 Å². The first-order valence-electron chi connectivity index (χ1n) is 6.58. The van der Waals surface area contributed by atoms with Crippen molar-refractivity contribution in [2.45, 2.75) is 17.1 Å². The van der Waals surface area contributed by atoms with E-state index in [-0.39, 0.29) is 17.0 Å². The Morgan fingerprint density at radius 1 is 1.29 bits per heavy atom. The van der Waals surface area contributed by atoms with Crippen molar-refractivity contribution in [1.29, 1.82) is 0 Å². The minimum atomic E-state index is -0.257. The Bertz CT molecular complexity index is 616. The number of carbonyl (C=O) groups is 1. The molecule has 2 rings (SSSR count). The number of nitrogens with one attached hydrogen (secondary N) is 1. The van der Waals surface area contributed by atoms with E-state index in [2.05, 4.69) is 5.32 Å². The summed E-state index contributed by atoms with van der Waals surface area (Å²) >= 11 is 1.57. The van der Waals surface area contributed by atoms with Crippen molar-refractivity contribution in [3.63, 3.8) is 0 Å². The van der Waals surface area contributed by atoms with E-state index < -0.39 is 0 Å². The second kappa shape index (κ2) is 7.24. The molecule has 0 heterocycles. The Morgan fingerprint density at radius 2 is 2.00 bits per heavy atom. The molecule has 1 atom stereocenters. The first-order chi connectivity index (χ1) is 10.1. The molecule has 0 saturated carbocycles. The number of carbonyl (C=O) groups excluding carboxylic acids is 1. The fourth-order valence-electron chi connectivity index (χ4n) is 1.94. The molecule has 2 aromatic carbocycles. The van der Waals surface area contributed by atoms with Crippen LogP contribution in [0.2, 0.25) is 0 Å². The summed E-state index contributed by atoms with van der Waals surface area (Å²) < 4.78 is 13.3. The monoisotopic (exact) mass is 304 g/mol. The number of anilines is 1. The molecule has 0 spiro atoms. The van der Waals surface area contributed by atoms with Gasteiger partial charge in [-0.2, -0.15) is 0 Å². The van der Waals surface area contributed by atoms with Gasteiger partial charge in [-0.05, 0) is 42.0 Å². The lowest BCUT2D eigenvalue weighted by Crippen LogP contribution is -2.09. The average Bonchev–Trinajstić information content (AvgIpc) is 2.46. The van der Waals surface area contributed by atoms with Crippen LogP contribution in [0, 0.1) is 5.82 Å². The standard InChI is InChI=1S/C16H17FN2OS/c1-11(20)19-14-5-7-15(8-6-14)21-16(10-18)12-3-2-4-13(17)9-12/h2-9,16H,10,18H2,1H3,(H,19,20). The number of benzene rings is 2. The molecule has 110 valence electrons. The maximum Gasteiger partial charge on any atom is 0.221 e. The zero-order valence-corrected chi connectivity index (χ0v) is 12.5. The van der Waals surface area contributed by atoms with E-state index in [4.69, 9.17) is 5.73 Å². The van der Waals surface area contributed by atoms with Gasteiger partial charge in [-0.3, -0.25) is 4.79 Å². The van der Waals surface area contributed by atoms with Crippen molar-refractivity contribution < 1.29 is 9.18 Å². The van der Waals surface area contributed by atoms with Crippen LogP contribution in [0.5, 0.6) is 0 Å². The van der Waals surface area contributed by atoms with Crippen molar-refractivity contribution in [3.8, 4) is 0 Å². The highest BCUT2D eigenvalue weighted by molar-refractivity contribution is 7.99. The maximum atomic E-state index is 13.3. The van der Waals surface area contributed by atoms with E-state index >= 15 is 0 Å². The van der Waals surface area contributed by atoms with Gasteiger partial charge in [0.05, 0.1) is 0 Å². The summed E-state index contributed by atoms with van der Waals surface area (Å²) in [4.78, 5) is 12.0. The molecule has 5 heteroatoms. The molecule has 3 nitrogen and oxygen atoms in total. The van der Waals surface area contributed by atoms with Gasteiger partial charge in [-0.15, -0.1) is 11.8 Å². The van der Waals surface area contributed by atoms with Crippen LogP contribution >= 0.6 is 11.8 Å². The Labute approximate surface area is 127 Å². The predicted octanol–water partition coefficient (Wildman–Crippen LogP) is 3.58. The van der Waals surface area contributed by atoms with Gasteiger partial charge in [0.25, 0.3) is 0 Å². The quantitative estimate of drug-likeness (QED) is 0.830. The third-order valence-corrected chi connectivity index (χ3v) is 4.18. The topological polar surface area (TPSA) is 55.1 Å². The molecule has 0 radical (unpaired) electrons. The lowest BCUT2D eigenvalue weighted by molar-refractivity contribution is -0.114. The van der Waals surface area contributed by atoms with Crippen molar-refractivity contribution in [2.24, 2.45) is 5.73 Å². The molecule has 2 aromatic rings. The first-order valence-corrected chi connectivity index (χ1v) is 7.46. The molecular formula is C16H17FN2OS. The SMILES string of the molecule is CC(=O)Nc1ccc(SC(CN)c2cccc(F)c2)cc1. The van der Waals surface area contributed by atoms with Crippen molar-refractivity contribution in [2.75, 3.05) is 11.9 Å². The fourth-order valence-corrected chi connectivity index (χ4v) is 2.94. The van der Waals surface area contributed by atoms with Crippen LogP contribution in [0.4, 0.5) is 10.1 Å². The van der Waals surface area contributed by atoms with Crippen molar-refractivity contribution >= 4 is 23.4 Å². The third-order valence-electron chi connectivity index (χ3n) is 2.89. The zero-order valence-electron chi connectivity index (χ0n) is 11.7. The number of rotatable bonds is 5. The number of thioether (sulfide) groups is 1. The summed E-state index contributed by atoms with van der Waals surface area (Å²) in [6.07, 6.45) is 0. The van der Waals surface area contributed by atoms with E-state index in [1.54, 1.807) is 17.8 Å². The second-order valence-electron chi connectivity index (χ2n) is 4.60. The number of hydrogen-bond acceptors (Lipinski definition) is 3. The van der Waals surface area contributed by atoms with Gasteiger partial charge in [-0.25, -0.2) is 4.39 Å². The van der Waals surface area contributed by atoms with Crippen molar-refractivity contribution in [1.82, 2.24) is 0 Å². The van der Waals surface area contributed by atoms with Crippen LogP contribution in [0.1, 0.15) is 17.7 Å². The summed E-state index contributed by atoms with van der Waals surface area (Å²) in [5.41, 5.74) is 7.42. The number of hydrogen-bond donors (Lipinski definition) is 2. The molecule has 1 unspecified atom stereocenters. The van der Waals surface area contributed by atoms with Gasteiger partial charge in [-0.1, -0.05) is 12.1 Å². The zero-order chi connectivity index (χ0) is 15.2. The lowest BCUT2D eigenvalue weighted by atomic mass is 10.1. The number of halogens is 1. The highest BCUT2D eigenvalue weighted by Crippen LogP contribution is 2.35. The molecule has 0 bridgehead atoms. The van der Waals surface area contributed by atoms with Gasteiger partial charge in [0.15, 0.2) is 0 Å². The Balaban J connectivity index is 2.10. The Kier molecular flexibility index (Phi) is 5.36. The molecule has 3 N–H and O–H groups in total. The molecule has 0 aromatic heterocycles. The highest BCUT2D eigenvalue weighted by Gasteiger charge is 2.12. The normalized spacial score (nSPS) is 12.0. The summed E-state index contributed by atoms with van der Waals surface area (Å²) in [6.45, 7) is 1.89. The smallest absolute Gasteiger partial charge is 0.221 e. The molecule has 0 fully saturated rings.